The Labute approximate surface area is 160 Å². The second-order valence-corrected chi connectivity index (χ2v) is 8.36. The van der Waals surface area contributed by atoms with Crippen LogP contribution in [0, 0.1) is 0 Å². The third-order valence-corrected chi connectivity index (χ3v) is 6.03. The van der Waals surface area contributed by atoms with Crippen molar-refractivity contribution in [2.24, 2.45) is 0 Å². The van der Waals surface area contributed by atoms with E-state index in [0.29, 0.717) is 39.0 Å². The van der Waals surface area contributed by atoms with Crippen molar-refractivity contribution in [2.75, 3.05) is 50.5 Å². The SMILES string of the molecule is CCCCS(=O)(=O)C(=O)NCC(=O)N1CCN(c2ccccc2OC)CC1. The molecule has 1 aromatic carbocycles. The number of piperazine rings is 1. The number of ether oxygens (including phenoxy) is 1. The summed E-state index contributed by atoms with van der Waals surface area (Å²) < 4.78 is 28.9. The minimum Gasteiger partial charge on any atom is -0.495 e. The van der Waals surface area contributed by atoms with Gasteiger partial charge in [0.05, 0.1) is 25.1 Å². The van der Waals surface area contributed by atoms with Gasteiger partial charge in [-0.05, 0) is 18.6 Å². The number of hydrogen-bond acceptors (Lipinski definition) is 6. The number of unbranched alkanes of at least 4 members (excludes halogenated alkanes) is 1. The largest absolute Gasteiger partial charge is 0.495 e. The molecule has 9 heteroatoms. The van der Waals surface area contributed by atoms with Gasteiger partial charge in [-0.3, -0.25) is 9.59 Å². The number of rotatable bonds is 7. The van der Waals surface area contributed by atoms with E-state index >= 15 is 0 Å². The maximum absolute atomic E-state index is 12.3. The maximum atomic E-state index is 12.3. The number of methoxy groups -OCH3 is 1. The molecule has 1 saturated heterocycles. The van der Waals surface area contributed by atoms with Gasteiger partial charge in [-0.1, -0.05) is 25.5 Å². The first kappa shape index (κ1) is 21.0. The number of sulfone groups is 1. The average molecular weight is 397 g/mol. The van der Waals surface area contributed by atoms with Crippen molar-refractivity contribution in [3.63, 3.8) is 0 Å². The zero-order valence-corrected chi connectivity index (χ0v) is 16.6. The Hall–Kier alpha value is -2.29. The van der Waals surface area contributed by atoms with Gasteiger partial charge in [-0.15, -0.1) is 0 Å². The van der Waals surface area contributed by atoms with Crippen molar-refractivity contribution in [3.05, 3.63) is 24.3 Å². The van der Waals surface area contributed by atoms with Crippen LogP contribution in [0.2, 0.25) is 0 Å². The third-order valence-electron chi connectivity index (χ3n) is 4.49. The quantitative estimate of drug-likeness (QED) is 0.744. The predicted octanol–water partition coefficient (Wildman–Crippen LogP) is 1.27. The Bertz CT molecular complexity index is 758. The van der Waals surface area contributed by atoms with E-state index in [4.69, 9.17) is 4.74 Å². The molecule has 0 spiro atoms. The topological polar surface area (TPSA) is 96.0 Å². The zero-order chi connectivity index (χ0) is 19.9. The highest BCUT2D eigenvalue weighted by atomic mass is 32.2. The molecule has 2 amide bonds. The molecule has 2 rings (SSSR count). The van der Waals surface area contributed by atoms with Crippen LogP contribution in [0.1, 0.15) is 19.8 Å². The maximum Gasteiger partial charge on any atom is 0.336 e. The molecule has 8 nitrogen and oxygen atoms in total. The Morgan fingerprint density at radius 1 is 1.15 bits per heavy atom. The molecule has 0 atom stereocenters. The van der Waals surface area contributed by atoms with E-state index in [1.807, 2.05) is 31.2 Å². The highest BCUT2D eigenvalue weighted by molar-refractivity contribution is 8.06. The number of nitrogens with one attached hydrogen (secondary N) is 1. The van der Waals surface area contributed by atoms with E-state index in [9.17, 15) is 18.0 Å². The van der Waals surface area contributed by atoms with E-state index < -0.39 is 15.1 Å². The Morgan fingerprint density at radius 3 is 2.44 bits per heavy atom. The smallest absolute Gasteiger partial charge is 0.336 e. The van der Waals surface area contributed by atoms with Crippen molar-refractivity contribution in [2.45, 2.75) is 19.8 Å². The standard InChI is InChI=1S/C18H27N3O5S/c1-3-4-13-27(24,25)18(23)19-14-17(22)21-11-9-20(10-12-21)15-7-5-6-8-16(15)26-2/h5-8H,3-4,9-14H2,1-2H3,(H,19,23). The predicted molar refractivity (Wildman–Crippen MR) is 104 cm³/mol. The number of carbonyl (C=O) groups is 2. The molecule has 0 aliphatic carbocycles. The number of benzene rings is 1. The highest BCUT2D eigenvalue weighted by Crippen LogP contribution is 2.28. The summed E-state index contributed by atoms with van der Waals surface area (Å²) in [6.07, 6.45) is 1.11. The fourth-order valence-corrected chi connectivity index (χ4v) is 4.03. The number of carbonyl (C=O) groups excluding carboxylic acids is 2. The molecule has 0 bridgehead atoms. The Morgan fingerprint density at radius 2 is 1.81 bits per heavy atom. The summed E-state index contributed by atoms with van der Waals surface area (Å²) in [5.41, 5.74) is 0.974. The molecule has 0 radical (unpaired) electrons. The van der Waals surface area contributed by atoms with Crippen LogP contribution in [0.15, 0.2) is 24.3 Å². The van der Waals surface area contributed by atoms with Gasteiger partial charge in [0.1, 0.15) is 5.75 Å². The lowest BCUT2D eigenvalue weighted by Gasteiger charge is -2.36. The molecule has 1 N–H and O–H groups in total. The summed E-state index contributed by atoms with van der Waals surface area (Å²) in [5, 5.41) is 1.17. The first-order chi connectivity index (χ1) is 12.9. The van der Waals surface area contributed by atoms with Crippen molar-refractivity contribution in [3.8, 4) is 5.75 Å². The summed E-state index contributed by atoms with van der Waals surface area (Å²) in [7, 11) is -2.22. The molecule has 27 heavy (non-hydrogen) atoms. The lowest BCUT2D eigenvalue weighted by Crippen LogP contribution is -2.51. The number of amides is 2. The van der Waals surface area contributed by atoms with Gasteiger partial charge in [0.25, 0.3) is 0 Å². The summed E-state index contributed by atoms with van der Waals surface area (Å²) in [4.78, 5) is 27.8. The molecular weight excluding hydrogens is 370 g/mol. The van der Waals surface area contributed by atoms with Gasteiger partial charge < -0.3 is 19.9 Å². The van der Waals surface area contributed by atoms with Crippen LogP contribution in [0.5, 0.6) is 5.75 Å². The van der Waals surface area contributed by atoms with Crippen molar-refractivity contribution in [1.82, 2.24) is 10.2 Å². The molecule has 1 fully saturated rings. The lowest BCUT2D eigenvalue weighted by molar-refractivity contribution is -0.130. The van der Waals surface area contributed by atoms with Gasteiger partial charge in [0, 0.05) is 26.2 Å². The molecule has 1 aliphatic heterocycles. The fraction of sp³-hybridized carbons (Fsp3) is 0.556. The molecule has 0 saturated carbocycles. The fourth-order valence-electron chi connectivity index (χ4n) is 2.88. The highest BCUT2D eigenvalue weighted by Gasteiger charge is 2.25. The number of para-hydroxylation sites is 2. The second kappa shape index (κ2) is 9.59. The first-order valence-electron chi connectivity index (χ1n) is 9.05. The van der Waals surface area contributed by atoms with Crippen LogP contribution in [0.4, 0.5) is 10.5 Å². The normalized spacial score (nSPS) is 14.7. The molecule has 1 aromatic rings. The Balaban J connectivity index is 1.84. The number of nitrogens with zero attached hydrogens (tertiary/aromatic N) is 2. The number of anilines is 1. The van der Waals surface area contributed by atoms with Gasteiger partial charge in [-0.2, -0.15) is 0 Å². The number of hydrogen-bond donors (Lipinski definition) is 1. The Kier molecular flexibility index (Phi) is 7.46. The van der Waals surface area contributed by atoms with E-state index in [1.165, 1.54) is 0 Å². The lowest BCUT2D eigenvalue weighted by atomic mass is 10.2. The van der Waals surface area contributed by atoms with Gasteiger partial charge in [0.15, 0.2) is 0 Å². The summed E-state index contributed by atoms with van der Waals surface area (Å²) in [5.74, 6) is 0.303. The van der Waals surface area contributed by atoms with E-state index in [-0.39, 0.29) is 18.2 Å². The molecular formula is C18H27N3O5S. The molecule has 1 aliphatic rings. The van der Waals surface area contributed by atoms with E-state index in [1.54, 1.807) is 12.0 Å². The molecule has 1 heterocycles. The van der Waals surface area contributed by atoms with Gasteiger partial charge in [0.2, 0.25) is 15.7 Å². The van der Waals surface area contributed by atoms with Crippen LogP contribution in [-0.2, 0) is 14.6 Å². The van der Waals surface area contributed by atoms with Gasteiger partial charge >= 0.3 is 5.24 Å². The minimum absolute atomic E-state index is 0.193. The first-order valence-corrected chi connectivity index (χ1v) is 10.7. The summed E-state index contributed by atoms with van der Waals surface area (Å²) in [6.45, 7) is 3.80. The average Bonchev–Trinajstić information content (AvgIpc) is 2.70. The van der Waals surface area contributed by atoms with Crippen molar-refractivity contribution in [1.29, 1.82) is 0 Å². The van der Waals surface area contributed by atoms with Crippen LogP contribution in [0.3, 0.4) is 0 Å². The van der Waals surface area contributed by atoms with Crippen LogP contribution < -0.4 is 15.0 Å². The summed E-state index contributed by atoms with van der Waals surface area (Å²) >= 11 is 0. The monoisotopic (exact) mass is 397 g/mol. The minimum atomic E-state index is -3.84. The third kappa shape index (κ3) is 5.59. The molecule has 150 valence electrons. The zero-order valence-electron chi connectivity index (χ0n) is 15.8. The molecule has 0 unspecified atom stereocenters. The summed E-state index contributed by atoms with van der Waals surface area (Å²) in [6, 6.07) is 7.70. The molecule has 0 aromatic heterocycles. The van der Waals surface area contributed by atoms with Crippen molar-refractivity contribution < 1.29 is 22.7 Å². The van der Waals surface area contributed by atoms with Crippen LogP contribution in [-0.4, -0.2) is 70.1 Å². The van der Waals surface area contributed by atoms with Crippen molar-refractivity contribution >= 4 is 26.7 Å². The second-order valence-electron chi connectivity index (χ2n) is 6.35. The van der Waals surface area contributed by atoms with Crippen LogP contribution >= 0.6 is 0 Å². The van der Waals surface area contributed by atoms with Crippen LogP contribution in [0.25, 0.3) is 0 Å². The van der Waals surface area contributed by atoms with E-state index in [0.717, 1.165) is 11.4 Å². The van der Waals surface area contributed by atoms with E-state index in [2.05, 4.69) is 10.2 Å². The van der Waals surface area contributed by atoms with Gasteiger partial charge in [-0.25, -0.2) is 8.42 Å².